The molecule has 3 aromatic rings. The van der Waals surface area contributed by atoms with Crippen LogP contribution >= 0.6 is 0 Å². The number of ether oxygens (including phenoxy) is 2. The third kappa shape index (κ3) is 5.14. The minimum absolute atomic E-state index is 0.0238. The summed E-state index contributed by atoms with van der Waals surface area (Å²) in [5.74, 6) is 0.967. The molecule has 0 amide bonds. The van der Waals surface area contributed by atoms with Crippen LogP contribution in [0.25, 0.3) is 0 Å². The summed E-state index contributed by atoms with van der Waals surface area (Å²) in [5, 5.41) is 0. The van der Waals surface area contributed by atoms with Crippen LogP contribution in [0.15, 0.2) is 70.5 Å². The Morgan fingerprint density at radius 1 is 0.656 bits per heavy atom. The molecule has 0 aliphatic carbocycles. The van der Waals surface area contributed by atoms with Crippen molar-refractivity contribution in [3.8, 4) is 11.5 Å². The first-order valence-electron chi connectivity index (χ1n) is 9.51. The standard InChI is InChI=1S/C22H24N2O6S2/c1-15-5-11-22(30-4)20(13-15)24-31(25,26)18-8-6-17(7-9-18)23-32(27,28)19-10-12-21(29-3)16(2)14-19/h5-14,23-24H,1-4H3. The summed E-state index contributed by atoms with van der Waals surface area (Å²) in [6.45, 7) is 3.58. The molecule has 0 saturated heterocycles. The molecule has 0 radical (unpaired) electrons. The highest BCUT2D eigenvalue weighted by Gasteiger charge is 2.19. The van der Waals surface area contributed by atoms with E-state index in [0.29, 0.717) is 22.7 Å². The number of rotatable bonds is 8. The fourth-order valence-corrected chi connectivity index (χ4v) is 5.24. The van der Waals surface area contributed by atoms with Crippen LogP contribution in [0.5, 0.6) is 11.5 Å². The van der Waals surface area contributed by atoms with Crippen LogP contribution in [0.3, 0.4) is 0 Å². The maximum Gasteiger partial charge on any atom is 0.262 e. The van der Waals surface area contributed by atoms with Gasteiger partial charge in [0.25, 0.3) is 20.0 Å². The number of anilines is 2. The molecule has 3 aromatic carbocycles. The van der Waals surface area contributed by atoms with Crippen molar-refractivity contribution in [3.05, 3.63) is 71.8 Å². The summed E-state index contributed by atoms with van der Waals surface area (Å²) < 4.78 is 66.2. The SMILES string of the molecule is COc1ccc(S(=O)(=O)Nc2ccc(S(=O)(=O)Nc3cc(C)ccc3OC)cc2)cc1C. The van der Waals surface area contributed by atoms with E-state index in [-0.39, 0.29) is 15.5 Å². The maximum atomic E-state index is 12.8. The Labute approximate surface area is 188 Å². The Balaban J connectivity index is 1.81. The van der Waals surface area contributed by atoms with Crippen molar-refractivity contribution >= 4 is 31.4 Å². The molecule has 32 heavy (non-hydrogen) atoms. The molecule has 170 valence electrons. The van der Waals surface area contributed by atoms with Crippen molar-refractivity contribution in [3.63, 3.8) is 0 Å². The van der Waals surface area contributed by atoms with Crippen LogP contribution in [0.2, 0.25) is 0 Å². The first-order chi connectivity index (χ1) is 15.1. The van der Waals surface area contributed by atoms with Gasteiger partial charge in [0.1, 0.15) is 11.5 Å². The summed E-state index contributed by atoms with van der Waals surface area (Å²) in [6, 6.07) is 15.1. The molecule has 0 atom stereocenters. The summed E-state index contributed by atoms with van der Waals surface area (Å²) in [6.07, 6.45) is 0. The van der Waals surface area contributed by atoms with Gasteiger partial charge in [0.2, 0.25) is 0 Å². The zero-order chi connectivity index (χ0) is 23.5. The predicted octanol–water partition coefficient (Wildman–Crippen LogP) is 3.92. The second kappa shape index (κ2) is 9.09. The molecule has 0 aliphatic heterocycles. The second-order valence-electron chi connectivity index (χ2n) is 7.07. The lowest BCUT2D eigenvalue weighted by molar-refractivity contribution is 0.411. The average Bonchev–Trinajstić information content (AvgIpc) is 2.73. The third-order valence-corrected chi connectivity index (χ3v) is 7.45. The fraction of sp³-hybridized carbons (Fsp3) is 0.182. The number of aryl methyl sites for hydroxylation is 2. The molecule has 2 N–H and O–H groups in total. The second-order valence-corrected chi connectivity index (χ2v) is 10.4. The van der Waals surface area contributed by atoms with Crippen LogP contribution in [0, 0.1) is 13.8 Å². The highest BCUT2D eigenvalue weighted by molar-refractivity contribution is 7.93. The van der Waals surface area contributed by atoms with Gasteiger partial charge in [-0.3, -0.25) is 9.44 Å². The lowest BCUT2D eigenvalue weighted by atomic mass is 10.2. The molecule has 0 aliphatic rings. The van der Waals surface area contributed by atoms with Gasteiger partial charge in [-0.05, 0) is 79.6 Å². The van der Waals surface area contributed by atoms with Gasteiger partial charge in [0.05, 0.1) is 29.7 Å². The van der Waals surface area contributed by atoms with Gasteiger partial charge in [-0.2, -0.15) is 0 Å². The van der Waals surface area contributed by atoms with Crippen LogP contribution in [-0.4, -0.2) is 31.1 Å². The minimum Gasteiger partial charge on any atom is -0.496 e. The fourth-order valence-electron chi connectivity index (χ4n) is 3.04. The van der Waals surface area contributed by atoms with Gasteiger partial charge in [-0.15, -0.1) is 0 Å². The Hall–Kier alpha value is -3.24. The maximum absolute atomic E-state index is 12.8. The average molecular weight is 477 g/mol. The summed E-state index contributed by atoms with van der Waals surface area (Å²) in [4.78, 5) is 0.0463. The zero-order valence-electron chi connectivity index (χ0n) is 18.0. The molecule has 0 spiro atoms. The van der Waals surface area contributed by atoms with Crippen LogP contribution in [0.4, 0.5) is 11.4 Å². The lowest BCUT2D eigenvalue weighted by Gasteiger charge is -2.13. The van der Waals surface area contributed by atoms with Crippen LogP contribution in [-0.2, 0) is 20.0 Å². The molecular weight excluding hydrogens is 452 g/mol. The van der Waals surface area contributed by atoms with E-state index in [1.807, 2.05) is 13.0 Å². The summed E-state index contributed by atoms with van der Waals surface area (Å²) in [7, 11) is -4.81. The van der Waals surface area contributed by atoms with Gasteiger partial charge in [0.15, 0.2) is 0 Å². The Bertz CT molecular complexity index is 1340. The van der Waals surface area contributed by atoms with Crippen LogP contribution < -0.4 is 18.9 Å². The van der Waals surface area contributed by atoms with E-state index in [4.69, 9.17) is 9.47 Å². The molecule has 0 unspecified atom stereocenters. The number of methoxy groups -OCH3 is 2. The molecular formula is C22H24N2O6S2. The van der Waals surface area contributed by atoms with E-state index in [1.54, 1.807) is 25.1 Å². The highest BCUT2D eigenvalue weighted by atomic mass is 32.2. The number of hydrogen-bond acceptors (Lipinski definition) is 6. The van der Waals surface area contributed by atoms with E-state index in [1.165, 1.54) is 50.6 Å². The molecule has 10 heteroatoms. The topological polar surface area (TPSA) is 111 Å². The largest absolute Gasteiger partial charge is 0.496 e. The molecule has 0 bridgehead atoms. The van der Waals surface area contributed by atoms with E-state index in [2.05, 4.69) is 9.44 Å². The lowest BCUT2D eigenvalue weighted by Crippen LogP contribution is -2.15. The zero-order valence-corrected chi connectivity index (χ0v) is 19.7. The van der Waals surface area contributed by atoms with Gasteiger partial charge < -0.3 is 9.47 Å². The normalized spacial score (nSPS) is 11.6. The first-order valence-corrected chi connectivity index (χ1v) is 12.5. The number of benzene rings is 3. The van der Waals surface area contributed by atoms with Crippen molar-refractivity contribution in [2.75, 3.05) is 23.7 Å². The van der Waals surface area contributed by atoms with Crippen molar-refractivity contribution in [2.45, 2.75) is 23.6 Å². The van der Waals surface area contributed by atoms with E-state index in [0.717, 1.165) is 5.56 Å². The predicted molar refractivity (Wildman–Crippen MR) is 124 cm³/mol. The van der Waals surface area contributed by atoms with Crippen molar-refractivity contribution in [2.24, 2.45) is 0 Å². The molecule has 8 nitrogen and oxygen atoms in total. The van der Waals surface area contributed by atoms with Gasteiger partial charge in [-0.25, -0.2) is 16.8 Å². The van der Waals surface area contributed by atoms with Crippen molar-refractivity contribution in [1.82, 2.24) is 0 Å². The third-order valence-electron chi connectivity index (χ3n) is 4.69. The first kappa shape index (κ1) is 23.4. The van der Waals surface area contributed by atoms with E-state index >= 15 is 0 Å². The molecule has 0 fully saturated rings. The highest BCUT2D eigenvalue weighted by Crippen LogP contribution is 2.28. The molecule has 0 aromatic heterocycles. The quantitative estimate of drug-likeness (QED) is 0.510. The Morgan fingerprint density at radius 3 is 1.81 bits per heavy atom. The van der Waals surface area contributed by atoms with Gasteiger partial charge >= 0.3 is 0 Å². The van der Waals surface area contributed by atoms with E-state index in [9.17, 15) is 16.8 Å². The van der Waals surface area contributed by atoms with Gasteiger partial charge in [-0.1, -0.05) is 6.07 Å². The monoisotopic (exact) mass is 476 g/mol. The Kier molecular flexibility index (Phi) is 6.65. The smallest absolute Gasteiger partial charge is 0.262 e. The van der Waals surface area contributed by atoms with E-state index < -0.39 is 20.0 Å². The Morgan fingerprint density at radius 2 is 1.22 bits per heavy atom. The molecule has 3 rings (SSSR count). The van der Waals surface area contributed by atoms with Gasteiger partial charge in [0, 0.05) is 5.69 Å². The number of sulfonamides is 2. The summed E-state index contributed by atoms with van der Waals surface area (Å²) in [5.41, 5.74) is 2.08. The summed E-state index contributed by atoms with van der Waals surface area (Å²) >= 11 is 0. The minimum atomic E-state index is -3.91. The number of nitrogens with one attached hydrogen (secondary N) is 2. The molecule has 0 saturated carbocycles. The van der Waals surface area contributed by atoms with Crippen molar-refractivity contribution in [1.29, 1.82) is 0 Å². The van der Waals surface area contributed by atoms with Crippen LogP contribution in [0.1, 0.15) is 11.1 Å². The molecule has 0 heterocycles. The number of hydrogen-bond donors (Lipinski definition) is 2. The van der Waals surface area contributed by atoms with Crippen molar-refractivity contribution < 1.29 is 26.3 Å².